The Morgan fingerprint density at radius 3 is 2.75 bits per heavy atom. The number of benzene rings is 1. The van der Waals surface area contributed by atoms with Gasteiger partial charge in [-0.2, -0.15) is 0 Å². The number of aryl methyl sites for hydroxylation is 1. The molecule has 1 aromatic carbocycles. The van der Waals surface area contributed by atoms with Crippen molar-refractivity contribution >= 4 is 16.5 Å². The molecule has 0 fully saturated rings. The van der Waals surface area contributed by atoms with Crippen molar-refractivity contribution in [3.05, 3.63) is 40.3 Å². The maximum Gasteiger partial charge on any atom is 0.251 e. The molecule has 0 bridgehead atoms. The molecule has 3 N–H and O–H groups in total. The van der Waals surface area contributed by atoms with Gasteiger partial charge in [0.1, 0.15) is 13.2 Å². The van der Waals surface area contributed by atoms with Crippen molar-refractivity contribution in [3.8, 4) is 33.5 Å². The lowest BCUT2D eigenvalue weighted by Gasteiger charge is -2.18. The largest absolute Gasteiger partial charge is 0.486 e. The molecule has 0 atom stereocenters. The zero-order valence-corrected chi connectivity index (χ0v) is 13.6. The third-order valence-corrected chi connectivity index (χ3v) is 4.44. The fraction of sp³-hybridized carbons (Fsp3) is 0.188. The summed E-state index contributed by atoms with van der Waals surface area (Å²) < 4.78 is 11.2. The van der Waals surface area contributed by atoms with E-state index >= 15 is 0 Å². The highest BCUT2D eigenvalue weighted by atomic mass is 32.1. The van der Waals surface area contributed by atoms with Gasteiger partial charge in [0.2, 0.25) is 0 Å². The fourth-order valence-corrected chi connectivity index (χ4v) is 3.37. The van der Waals surface area contributed by atoms with Gasteiger partial charge in [0.05, 0.1) is 10.6 Å². The van der Waals surface area contributed by atoms with Crippen molar-refractivity contribution in [2.75, 3.05) is 18.9 Å². The molecule has 24 heavy (non-hydrogen) atoms. The Labute approximate surface area is 141 Å². The van der Waals surface area contributed by atoms with Crippen LogP contribution in [0.1, 0.15) is 5.69 Å². The van der Waals surface area contributed by atoms with Gasteiger partial charge < -0.3 is 20.2 Å². The number of fused-ring (bicyclic) bond motifs is 1. The number of anilines is 1. The van der Waals surface area contributed by atoms with Gasteiger partial charge in [0.15, 0.2) is 22.5 Å². The van der Waals surface area contributed by atoms with Gasteiger partial charge in [-0.3, -0.25) is 4.79 Å². The summed E-state index contributed by atoms with van der Waals surface area (Å²) >= 11 is 1.28. The minimum Gasteiger partial charge on any atom is -0.486 e. The molecule has 0 unspecified atom stereocenters. The van der Waals surface area contributed by atoms with Crippen LogP contribution >= 0.6 is 11.3 Å². The second kappa shape index (κ2) is 5.64. The molecular weight excluding hydrogens is 328 g/mol. The summed E-state index contributed by atoms with van der Waals surface area (Å²) in [5, 5.41) is 0.402. The summed E-state index contributed by atoms with van der Waals surface area (Å²) in [6.45, 7) is 2.82. The molecule has 3 aromatic rings. The van der Waals surface area contributed by atoms with Crippen LogP contribution in [0.25, 0.3) is 22.0 Å². The Balaban J connectivity index is 1.86. The molecule has 0 spiro atoms. The number of aromatic nitrogens is 3. The lowest BCUT2D eigenvalue weighted by Crippen LogP contribution is -2.15. The van der Waals surface area contributed by atoms with E-state index in [2.05, 4.69) is 15.0 Å². The summed E-state index contributed by atoms with van der Waals surface area (Å²) in [4.78, 5) is 24.0. The number of rotatable bonds is 2. The first-order valence-electron chi connectivity index (χ1n) is 7.35. The van der Waals surface area contributed by atoms with Gasteiger partial charge in [0, 0.05) is 17.3 Å². The molecule has 122 valence electrons. The van der Waals surface area contributed by atoms with E-state index in [1.54, 1.807) is 6.92 Å². The van der Waals surface area contributed by atoms with Crippen LogP contribution in [0.4, 0.5) is 5.13 Å². The third-order valence-electron chi connectivity index (χ3n) is 3.54. The van der Waals surface area contributed by atoms with E-state index in [1.165, 1.54) is 17.4 Å². The van der Waals surface area contributed by atoms with Crippen molar-refractivity contribution in [3.63, 3.8) is 0 Å². The molecule has 4 rings (SSSR count). The summed E-state index contributed by atoms with van der Waals surface area (Å²) in [6.07, 6.45) is 0. The molecule has 7 nitrogen and oxygen atoms in total. The van der Waals surface area contributed by atoms with E-state index in [4.69, 9.17) is 15.2 Å². The first kappa shape index (κ1) is 14.7. The quantitative estimate of drug-likeness (QED) is 0.740. The Kier molecular flexibility index (Phi) is 3.46. The molecule has 2 aromatic heterocycles. The molecule has 0 saturated heterocycles. The Morgan fingerprint density at radius 1 is 1.17 bits per heavy atom. The molecule has 8 heteroatoms. The first-order chi connectivity index (χ1) is 11.6. The molecule has 3 heterocycles. The molecule has 0 radical (unpaired) electrons. The molecule has 1 aliphatic rings. The molecule has 0 aliphatic carbocycles. The van der Waals surface area contributed by atoms with Crippen molar-refractivity contribution in [1.29, 1.82) is 0 Å². The topological polar surface area (TPSA) is 103 Å². The van der Waals surface area contributed by atoms with Crippen LogP contribution in [0.15, 0.2) is 29.1 Å². The Hall–Kier alpha value is -2.87. The lowest BCUT2D eigenvalue weighted by molar-refractivity contribution is 0.171. The molecule has 1 aliphatic heterocycles. The minimum atomic E-state index is -0.211. The zero-order valence-electron chi connectivity index (χ0n) is 12.8. The summed E-state index contributed by atoms with van der Waals surface area (Å²) in [6, 6.07) is 7.03. The van der Waals surface area contributed by atoms with Crippen LogP contribution in [-0.4, -0.2) is 28.2 Å². The number of H-pyrrole nitrogens is 1. The highest BCUT2D eigenvalue weighted by Gasteiger charge is 2.19. The predicted molar refractivity (Wildman–Crippen MR) is 91.5 cm³/mol. The van der Waals surface area contributed by atoms with Crippen molar-refractivity contribution in [2.45, 2.75) is 6.92 Å². The van der Waals surface area contributed by atoms with Crippen LogP contribution in [0.2, 0.25) is 0 Å². The van der Waals surface area contributed by atoms with E-state index in [0.29, 0.717) is 51.9 Å². The average Bonchev–Trinajstić information content (AvgIpc) is 2.95. The third kappa shape index (κ3) is 2.61. The monoisotopic (exact) mass is 342 g/mol. The highest BCUT2D eigenvalue weighted by Crippen LogP contribution is 2.40. The van der Waals surface area contributed by atoms with Crippen molar-refractivity contribution < 1.29 is 9.47 Å². The van der Waals surface area contributed by atoms with Gasteiger partial charge in [-0.15, -0.1) is 0 Å². The van der Waals surface area contributed by atoms with Crippen LogP contribution in [0, 0.1) is 6.92 Å². The maximum atomic E-state index is 11.8. The number of nitrogens with two attached hydrogens (primary N) is 1. The lowest BCUT2D eigenvalue weighted by atomic mass is 10.1. The number of nitrogens with one attached hydrogen (secondary N) is 1. The van der Waals surface area contributed by atoms with Crippen LogP contribution in [0.3, 0.4) is 0 Å². The standard InChI is InChI=1S/C16H14N4O3S/c1-8-6-12(21)19-15(18-8)14-13(20-16(17)24-14)9-2-3-10-11(7-9)23-5-4-22-10/h2-3,6-7H,4-5H2,1H3,(H2,17,20)(H,18,19,21). The number of hydrogen-bond donors (Lipinski definition) is 2. The van der Waals surface area contributed by atoms with E-state index < -0.39 is 0 Å². The second-order valence-electron chi connectivity index (χ2n) is 5.32. The van der Waals surface area contributed by atoms with Crippen LogP contribution in [0.5, 0.6) is 11.5 Å². The SMILES string of the molecule is Cc1cc(=O)[nH]c(-c2sc(N)nc2-c2ccc3c(c2)OCCO3)n1. The van der Waals surface area contributed by atoms with E-state index in [1.807, 2.05) is 18.2 Å². The average molecular weight is 342 g/mol. The molecule has 0 saturated carbocycles. The normalized spacial score (nSPS) is 13.0. The minimum absolute atomic E-state index is 0.211. The summed E-state index contributed by atoms with van der Waals surface area (Å²) in [7, 11) is 0. The predicted octanol–water partition coefficient (Wildman–Crippen LogP) is 2.22. The van der Waals surface area contributed by atoms with E-state index in [0.717, 1.165) is 5.56 Å². The van der Waals surface area contributed by atoms with Gasteiger partial charge in [-0.1, -0.05) is 11.3 Å². The number of aromatic amines is 1. The Morgan fingerprint density at radius 2 is 1.96 bits per heavy atom. The van der Waals surface area contributed by atoms with Gasteiger partial charge >= 0.3 is 0 Å². The smallest absolute Gasteiger partial charge is 0.251 e. The second-order valence-corrected chi connectivity index (χ2v) is 6.35. The number of nitrogen functional groups attached to an aromatic ring is 1. The maximum absolute atomic E-state index is 11.8. The molecular formula is C16H14N4O3S. The molecule has 0 amide bonds. The van der Waals surface area contributed by atoms with E-state index in [9.17, 15) is 4.79 Å². The number of hydrogen-bond acceptors (Lipinski definition) is 7. The van der Waals surface area contributed by atoms with Gasteiger partial charge in [0.25, 0.3) is 5.56 Å². The van der Waals surface area contributed by atoms with Crippen molar-refractivity contribution in [1.82, 2.24) is 15.0 Å². The number of thiazole rings is 1. The zero-order chi connectivity index (χ0) is 16.7. The van der Waals surface area contributed by atoms with Gasteiger partial charge in [-0.05, 0) is 25.1 Å². The number of nitrogens with zero attached hydrogens (tertiary/aromatic N) is 2. The number of ether oxygens (including phenoxy) is 2. The van der Waals surface area contributed by atoms with Crippen LogP contribution in [-0.2, 0) is 0 Å². The highest BCUT2D eigenvalue weighted by molar-refractivity contribution is 7.19. The van der Waals surface area contributed by atoms with Crippen molar-refractivity contribution in [2.24, 2.45) is 0 Å². The summed E-state index contributed by atoms with van der Waals surface area (Å²) in [5.74, 6) is 1.83. The fourth-order valence-electron chi connectivity index (χ4n) is 2.57. The Bertz CT molecular complexity index is 980. The first-order valence-corrected chi connectivity index (χ1v) is 8.16. The summed E-state index contributed by atoms with van der Waals surface area (Å²) in [5.41, 5.74) is 7.80. The van der Waals surface area contributed by atoms with Gasteiger partial charge in [-0.25, -0.2) is 9.97 Å². The van der Waals surface area contributed by atoms with E-state index in [-0.39, 0.29) is 5.56 Å². The van der Waals surface area contributed by atoms with Crippen LogP contribution < -0.4 is 20.8 Å².